The van der Waals surface area contributed by atoms with Crippen LogP contribution in [0.1, 0.15) is 28.5 Å². The second-order valence-corrected chi connectivity index (χ2v) is 4.82. The second kappa shape index (κ2) is 8.07. The van der Waals surface area contributed by atoms with Crippen LogP contribution in [-0.4, -0.2) is 41.1 Å². The predicted molar refractivity (Wildman–Crippen MR) is 84.8 cm³/mol. The number of nitrogens with one attached hydrogen (secondary N) is 1. The minimum atomic E-state index is -0.213. The quantitative estimate of drug-likeness (QED) is 0.834. The third kappa shape index (κ3) is 4.64. The highest BCUT2D eigenvalue weighted by atomic mass is 16.5. The van der Waals surface area contributed by atoms with Crippen molar-refractivity contribution in [2.45, 2.75) is 20.3 Å². The van der Waals surface area contributed by atoms with Gasteiger partial charge in [-0.05, 0) is 38.0 Å². The molecule has 122 valence electrons. The molecule has 0 aliphatic carbocycles. The van der Waals surface area contributed by atoms with Crippen LogP contribution in [-0.2, 0) is 6.42 Å². The van der Waals surface area contributed by atoms with E-state index in [-0.39, 0.29) is 5.91 Å². The molecule has 2 aromatic heterocycles. The number of nitrogens with zero attached hydrogens (tertiary/aromatic N) is 3. The summed E-state index contributed by atoms with van der Waals surface area (Å²) in [5.41, 5.74) is 2.15. The number of pyridine rings is 1. The monoisotopic (exact) mass is 316 g/mol. The van der Waals surface area contributed by atoms with Gasteiger partial charge in [0.2, 0.25) is 5.88 Å². The SMILES string of the molecule is CCOc1nc(C)ccc1C(=O)NCCc1cnc(OC)nc1. The number of carbonyl (C=O) groups is 1. The Hall–Kier alpha value is -2.70. The maximum atomic E-state index is 12.3. The Morgan fingerprint density at radius 2 is 2.00 bits per heavy atom. The zero-order valence-electron chi connectivity index (χ0n) is 13.5. The fourth-order valence-corrected chi connectivity index (χ4v) is 1.95. The van der Waals surface area contributed by atoms with E-state index >= 15 is 0 Å². The fraction of sp³-hybridized carbons (Fsp3) is 0.375. The van der Waals surface area contributed by atoms with Crippen molar-refractivity contribution in [2.24, 2.45) is 0 Å². The van der Waals surface area contributed by atoms with Gasteiger partial charge in [0.25, 0.3) is 5.91 Å². The molecule has 0 atom stereocenters. The molecular weight excluding hydrogens is 296 g/mol. The summed E-state index contributed by atoms with van der Waals surface area (Å²) in [6.07, 6.45) is 3.98. The molecule has 1 N–H and O–H groups in total. The average molecular weight is 316 g/mol. The van der Waals surface area contributed by atoms with E-state index in [2.05, 4.69) is 20.3 Å². The highest BCUT2D eigenvalue weighted by Gasteiger charge is 2.13. The second-order valence-electron chi connectivity index (χ2n) is 4.82. The number of methoxy groups -OCH3 is 1. The van der Waals surface area contributed by atoms with Gasteiger partial charge in [0, 0.05) is 24.6 Å². The molecular formula is C16H20N4O3. The van der Waals surface area contributed by atoms with Crippen LogP contribution in [0.4, 0.5) is 0 Å². The summed E-state index contributed by atoms with van der Waals surface area (Å²) in [6.45, 7) is 4.64. The van der Waals surface area contributed by atoms with Gasteiger partial charge in [-0.25, -0.2) is 15.0 Å². The largest absolute Gasteiger partial charge is 0.477 e. The van der Waals surface area contributed by atoms with Crippen molar-refractivity contribution in [2.75, 3.05) is 20.3 Å². The van der Waals surface area contributed by atoms with Crippen LogP contribution in [0.3, 0.4) is 0 Å². The summed E-state index contributed by atoms with van der Waals surface area (Å²) < 4.78 is 10.3. The first-order chi connectivity index (χ1) is 11.1. The van der Waals surface area contributed by atoms with E-state index in [0.29, 0.717) is 37.0 Å². The molecule has 23 heavy (non-hydrogen) atoms. The van der Waals surface area contributed by atoms with Gasteiger partial charge in [-0.3, -0.25) is 4.79 Å². The van der Waals surface area contributed by atoms with Crippen LogP contribution in [0.15, 0.2) is 24.5 Å². The van der Waals surface area contributed by atoms with E-state index in [9.17, 15) is 4.79 Å². The molecule has 7 nitrogen and oxygen atoms in total. The number of ether oxygens (including phenoxy) is 2. The number of rotatable bonds is 7. The maximum absolute atomic E-state index is 12.3. The summed E-state index contributed by atoms with van der Waals surface area (Å²) in [4.78, 5) is 24.6. The summed E-state index contributed by atoms with van der Waals surface area (Å²) in [7, 11) is 1.51. The summed E-state index contributed by atoms with van der Waals surface area (Å²) in [6, 6.07) is 3.83. The van der Waals surface area contributed by atoms with Crippen LogP contribution in [0.5, 0.6) is 11.9 Å². The third-order valence-corrected chi connectivity index (χ3v) is 3.09. The van der Waals surface area contributed by atoms with E-state index < -0.39 is 0 Å². The fourth-order valence-electron chi connectivity index (χ4n) is 1.95. The molecule has 7 heteroatoms. The standard InChI is InChI=1S/C16H20N4O3/c1-4-23-15-13(6-5-11(2)20-15)14(21)17-8-7-12-9-18-16(22-3)19-10-12/h5-6,9-10H,4,7-8H2,1-3H3,(H,17,21). The molecule has 0 fully saturated rings. The Bertz CT molecular complexity index is 659. The number of hydrogen-bond donors (Lipinski definition) is 1. The molecule has 0 unspecified atom stereocenters. The number of carbonyl (C=O) groups excluding carboxylic acids is 1. The molecule has 0 saturated carbocycles. The van der Waals surface area contributed by atoms with Crippen LogP contribution in [0, 0.1) is 6.92 Å². The van der Waals surface area contributed by atoms with E-state index in [1.54, 1.807) is 24.5 Å². The number of aromatic nitrogens is 3. The molecule has 2 rings (SSSR count). The van der Waals surface area contributed by atoms with Gasteiger partial charge in [-0.15, -0.1) is 0 Å². The third-order valence-electron chi connectivity index (χ3n) is 3.09. The first-order valence-electron chi connectivity index (χ1n) is 7.37. The smallest absolute Gasteiger partial charge is 0.316 e. The van der Waals surface area contributed by atoms with Crippen molar-refractivity contribution in [1.82, 2.24) is 20.3 Å². The van der Waals surface area contributed by atoms with Gasteiger partial charge in [0.1, 0.15) is 5.56 Å². The molecule has 0 aliphatic heterocycles. The number of aryl methyl sites for hydroxylation is 1. The minimum absolute atomic E-state index is 0.213. The minimum Gasteiger partial charge on any atom is -0.477 e. The Morgan fingerprint density at radius 1 is 1.26 bits per heavy atom. The van der Waals surface area contributed by atoms with E-state index in [0.717, 1.165) is 11.3 Å². The first-order valence-corrected chi connectivity index (χ1v) is 7.37. The topological polar surface area (TPSA) is 86.2 Å². The summed E-state index contributed by atoms with van der Waals surface area (Å²) >= 11 is 0. The van der Waals surface area contributed by atoms with Crippen molar-refractivity contribution < 1.29 is 14.3 Å². The molecule has 0 radical (unpaired) electrons. The Labute approximate surface area is 135 Å². The van der Waals surface area contributed by atoms with Crippen molar-refractivity contribution in [1.29, 1.82) is 0 Å². The van der Waals surface area contributed by atoms with Crippen molar-refractivity contribution >= 4 is 5.91 Å². The van der Waals surface area contributed by atoms with Gasteiger partial charge in [-0.2, -0.15) is 0 Å². The van der Waals surface area contributed by atoms with E-state index in [1.807, 2.05) is 13.8 Å². The normalized spacial score (nSPS) is 10.2. The molecule has 2 aromatic rings. The Morgan fingerprint density at radius 3 is 2.65 bits per heavy atom. The zero-order valence-corrected chi connectivity index (χ0v) is 13.5. The highest BCUT2D eigenvalue weighted by molar-refractivity contribution is 5.96. The molecule has 2 heterocycles. The zero-order chi connectivity index (χ0) is 16.7. The van der Waals surface area contributed by atoms with Gasteiger partial charge in [0.05, 0.1) is 13.7 Å². The van der Waals surface area contributed by atoms with Crippen molar-refractivity contribution in [3.63, 3.8) is 0 Å². The lowest BCUT2D eigenvalue weighted by molar-refractivity contribution is 0.0949. The lowest BCUT2D eigenvalue weighted by Gasteiger charge is -2.10. The molecule has 0 spiro atoms. The first kappa shape index (κ1) is 16.7. The Balaban J connectivity index is 1.94. The van der Waals surface area contributed by atoms with E-state index in [1.165, 1.54) is 7.11 Å². The van der Waals surface area contributed by atoms with Crippen molar-refractivity contribution in [3.05, 3.63) is 41.3 Å². The average Bonchev–Trinajstić information content (AvgIpc) is 2.56. The number of hydrogen-bond acceptors (Lipinski definition) is 6. The summed E-state index contributed by atoms with van der Waals surface area (Å²) in [5.74, 6) is 0.146. The van der Waals surface area contributed by atoms with E-state index in [4.69, 9.17) is 9.47 Å². The lowest BCUT2D eigenvalue weighted by atomic mass is 10.2. The predicted octanol–water partition coefficient (Wildman–Crippen LogP) is 1.56. The number of amides is 1. The van der Waals surface area contributed by atoms with Gasteiger partial charge < -0.3 is 14.8 Å². The highest BCUT2D eigenvalue weighted by Crippen LogP contribution is 2.16. The molecule has 0 aromatic carbocycles. The van der Waals surface area contributed by atoms with Gasteiger partial charge in [-0.1, -0.05) is 0 Å². The van der Waals surface area contributed by atoms with Gasteiger partial charge >= 0.3 is 6.01 Å². The van der Waals surface area contributed by atoms with Crippen LogP contribution in [0.2, 0.25) is 0 Å². The molecule has 1 amide bonds. The van der Waals surface area contributed by atoms with Gasteiger partial charge in [0.15, 0.2) is 0 Å². The molecule has 0 bridgehead atoms. The molecule has 0 aliphatic rings. The van der Waals surface area contributed by atoms with Crippen LogP contribution in [0.25, 0.3) is 0 Å². The van der Waals surface area contributed by atoms with Crippen LogP contribution < -0.4 is 14.8 Å². The molecule has 0 saturated heterocycles. The maximum Gasteiger partial charge on any atom is 0.316 e. The van der Waals surface area contributed by atoms with Crippen molar-refractivity contribution in [3.8, 4) is 11.9 Å². The summed E-state index contributed by atoms with van der Waals surface area (Å²) in [5, 5.41) is 2.85. The Kier molecular flexibility index (Phi) is 5.85. The van der Waals surface area contributed by atoms with Crippen LogP contribution >= 0.6 is 0 Å². The lowest BCUT2D eigenvalue weighted by Crippen LogP contribution is -2.26.